The highest BCUT2D eigenvalue weighted by molar-refractivity contribution is 5.87. The van der Waals surface area contributed by atoms with Crippen molar-refractivity contribution in [3.63, 3.8) is 0 Å². The topological polar surface area (TPSA) is 53.1 Å². The van der Waals surface area contributed by atoms with Gasteiger partial charge in [0, 0.05) is 23.0 Å². The number of carboxylic acids is 1. The van der Waals surface area contributed by atoms with Crippen LogP contribution in [0.2, 0.25) is 0 Å². The molecule has 0 aliphatic carbocycles. The Bertz CT molecular complexity index is 555. The smallest absolute Gasteiger partial charge is 0.303 e. The van der Waals surface area contributed by atoms with Crippen LogP contribution in [0.4, 0.5) is 0 Å². The highest BCUT2D eigenvalue weighted by Crippen LogP contribution is 2.25. The summed E-state index contributed by atoms with van der Waals surface area (Å²) in [7, 11) is 0. The van der Waals surface area contributed by atoms with Crippen LogP contribution in [0, 0.1) is 13.8 Å². The van der Waals surface area contributed by atoms with Gasteiger partial charge < -0.3 is 10.1 Å². The highest BCUT2D eigenvalue weighted by atomic mass is 16.4. The number of aromatic nitrogens is 1. The number of fused-ring (bicyclic) bond motifs is 1. The third kappa shape index (κ3) is 2.33. The number of H-pyrrole nitrogens is 1. The number of hydrogen-bond donors (Lipinski definition) is 2. The van der Waals surface area contributed by atoms with Crippen molar-refractivity contribution in [2.24, 2.45) is 0 Å². The molecule has 2 aromatic rings. The first-order chi connectivity index (χ1) is 8.09. The van der Waals surface area contributed by atoms with Gasteiger partial charge in [0.2, 0.25) is 0 Å². The molecule has 1 heterocycles. The first-order valence-electron chi connectivity index (χ1n) is 5.88. The number of rotatable bonds is 4. The normalized spacial score (nSPS) is 10.9. The van der Waals surface area contributed by atoms with Crippen LogP contribution in [0.1, 0.15) is 29.7 Å². The fourth-order valence-electron chi connectivity index (χ4n) is 2.18. The summed E-state index contributed by atoms with van der Waals surface area (Å²) in [5.74, 6) is -0.726. The van der Waals surface area contributed by atoms with Crippen molar-refractivity contribution in [2.45, 2.75) is 33.1 Å². The molecule has 0 spiro atoms. The van der Waals surface area contributed by atoms with Crippen LogP contribution < -0.4 is 0 Å². The molecule has 0 saturated carbocycles. The number of carboxylic acid groups (broad SMARTS) is 1. The standard InChI is InChI=1S/C14H17NO2/c1-9-10(2)15-14-11(5-3-7-12(9)14)6-4-8-13(16)17/h3,5,7,15H,4,6,8H2,1-2H3,(H,16,17). The number of benzene rings is 1. The summed E-state index contributed by atoms with van der Waals surface area (Å²) in [6.07, 6.45) is 1.73. The number of aromatic amines is 1. The van der Waals surface area contributed by atoms with Gasteiger partial charge in [-0.3, -0.25) is 4.79 Å². The van der Waals surface area contributed by atoms with Crippen molar-refractivity contribution >= 4 is 16.9 Å². The number of nitrogens with one attached hydrogen (secondary N) is 1. The first kappa shape index (κ1) is 11.7. The van der Waals surface area contributed by atoms with Crippen molar-refractivity contribution in [1.29, 1.82) is 0 Å². The van der Waals surface area contributed by atoms with Crippen LogP contribution >= 0.6 is 0 Å². The van der Waals surface area contributed by atoms with Gasteiger partial charge in [0.15, 0.2) is 0 Å². The Balaban J connectivity index is 2.28. The van der Waals surface area contributed by atoms with Crippen molar-refractivity contribution in [2.75, 3.05) is 0 Å². The third-order valence-electron chi connectivity index (χ3n) is 3.27. The molecule has 0 saturated heterocycles. The molecule has 0 bridgehead atoms. The van der Waals surface area contributed by atoms with E-state index in [0.29, 0.717) is 6.42 Å². The second kappa shape index (κ2) is 4.62. The average molecular weight is 231 g/mol. The Morgan fingerprint density at radius 1 is 1.35 bits per heavy atom. The molecule has 3 nitrogen and oxygen atoms in total. The first-order valence-corrected chi connectivity index (χ1v) is 5.88. The Labute approximate surface area is 100 Å². The lowest BCUT2D eigenvalue weighted by atomic mass is 10.0. The molecule has 3 heteroatoms. The Morgan fingerprint density at radius 2 is 2.12 bits per heavy atom. The van der Waals surface area contributed by atoms with Crippen LogP contribution in [0.3, 0.4) is 0 Å². The SMILES string of the molecule is Cc1[nH]c2c(CCCC(=O)O)cccc2c1C. The van der Waals surface area contributed by atoms with E-state index in [4.69, 9.17) is 5.11 Å². The molecule has 17 heavy (non-hydrogen) atoms. The maximum Gasteiger partial charge on any atom is 0.303 e. The zero-order valence-electron chi connectivity index (χ0n) is 10.2. The van der Waals surface area contributed by atoms with Gasteiger partial charge in [-0.15, -0.1) is 0 Å². The van der Waals surface area contributed by atoms with E-state index in [1.54, 1.807) is 0 Å². The van der Waals surface area contributed by atoms with Crippen molar-refractivity contribution in [3.05, 3.63) is 35.0 Å². The Hall–Kier alpha value is -1.77. The second-order valence-electron chi connectivity index (χ2n) is 4.46. The minimum Gasteiger partial charge on any atom is -0.481 e. The van der Waals surface area contributed by atoms with Gasteiger partial charge in [0.1, 0.15) is 0 Å². The van der Waals surface area contributed by atoms with Crippen LogP contribution in [0.25, 0.3) is 10.9 Å². The van der Waals surface area contributed by atoms with E-state index in [1.807, 2.05) is 6.07 Å². The molecule has 0 atom stereocenters. The molecule has 0 unspecified atom stereocenters. The summed E-state index contributed by atoms with van der Waals surface area (Å²) in [4.78, 5) is 13.9. The molecular weight excluding hydrogens is 214 g/mol. The third-order valence-corrected chi connectivity index (χ3v) is 3.27. The molecule has 1 aromatic carbocycles. The Morgan fingerprint density at radius 3 is 2.82 bits per heavy atom. The van der Waals surface area contributed by atoms with E-state index in [9.17, 15) is 4.79 Å². The minimum absolute atomic E-state index is 0.231. The van der Waals surface area contributed by atoms with Crippen molar-refractivity contribution in [1.82, 2.24) is 4.98 Å². The molecule has 0 fully saturated rings. The van der Waals surface area contributed by atoms with Gasteiger partial charge in [0.25, 0.3) is 0 Å². The molecule has 2 N–H and O–H groups in total. The van der Waals surface area contributed by atoms with Crippen molar-refractivity contribution < 1.29 is 9.90 Å². The second-order valence-corrected chi connectivity index (χ2v) is 4.46. The summed E-state index contributed by atoms with van der Waals surface area (Å²) < 4.78 is 0. The molecule has 90 valence electrons. The molecule has 0 aliphatic rings. The van der Waals surface area contributed by atoms with Crippen LogP contribution in [-0.4, -0.2) is 16.1 Å². The predicted octanol–water partition coefficient (Wildman–Crippen LogP) is 3.19. The van der Waals surface area contributed by atoms with Crippen molar-refractivity contribution in [3.8, 4) is 0 Å². The minimum atomic E-state index is -0.726. The number of aryl methyl sites for hydroxylation is 3. The molecule has 0 aliphatic heterocycles. The largest absolute Gasteiger partial charge is 0.481 e. The van der Waals surface area contributed by atoms with Crippen LogP contribution in [0.15, 0.2) is 18.2 Å². The fraction of sp³-hybridized carbons (Fsp3) is 0.357. The molecule has 1 aromatic heterocycles. The number of hydrogen-bond acceptors (Lipinski definition) is 1. The number of carbonyl (C=O) groups is 1. The van der Waals surface area contributed by atoms with Crippen LogP contribution in [-0.2, 0) is 11.2 Å². The monoisotopic (exact) mass is 231 g/mol. The molecular formula is C14H17NO2. The summed E-state index contributed by atoms with van der Waals surface area (Å²) in [6, 6.07) is 6.22. The predicted molar refractivity (Wildman–Crippen MR) is 68.3 cm³/mol. The van der Waals surface area contributed by atoms with Gasteiger partial charge in [-0.05, 0) is 37.8 Å². The van der Waals surface area contributed by atoms with E-state index in [1.165, 1.54) is 22.2 Å². The summed E-state index contributed by atoms with van der Waals surface area (Å²) >= 11 is 0. The van der Waals surface area contributed by atoms with Crippen LogP contribution in [0.5, 0.6) is 0 Å². The maximum absolute atomic E-state index is 10.5. The van der Waals surface area contributed by atoms with Gasteiger partial charge in [0.05, 0.1) is 0 Å². The maximum atomic E-state index is 10.5. The van der Waals surface area contributed by atoms with E-state index in [2.05, 4.69) is 31.0 Å². The lowest BCUT2D eigenvalue weighted by molar-refractivity contribution is -0.137. The average Bonchev–Trinajstić information content (AvgIpc) is 2.56. The van der Waals surface area contributed by atoms with E-state index < -0.39 is 5.97 Å². The highest BCUT2D eigenvalue weighted by Gasteiger charge is 2.08. The summed E-state index contributed by atoms with van der Waals surface area (Å²) in [5.41, 5.74) is 4.83. The zero-order chi connectivity index (χ0) is 12.4. The van der Waals surface area contributed by atoms with Gasteiger partial charge >= 0.3 is 5.97 Å². The molecule has 0 amide bonds. The zero-order valence-corrected chi connectivity index (χ0v) is 10.2. The lowest BCUT2D eigenvalue weighted by Crippen LogP contribution is -1.96. The Kier molecular flexibility index (Phi) is 3.18. The molecule has 2 rings (SSSR count). The number of para-hydroxylation sites is 1. The van der Waals surface area contributed by atoms with Gasteiger partial charge in [-0.2, -0.15) is 0 Å². The van der Waals surface area contributed by atoms with Gasteiger partial charge in [-0.25, -0.2) is 0 Å². The van der Waals surface area contributed by atoms with Gasteiger partial charge in [-0.1, -0.05) is 18.2 Å². The number of aliphatic carboxylic acids is 1. The van der Waals surface area contributed by atoms with E-state index in [0.717, 1.165) is 11.9 Å². The lowest BCUT2D eigenvalue weighted by Gasteiger charge is -2.02. The fourth-order valence-corrected chi connectivity index (χ4v) is 2.18. The molecule has 0 radical (unpaired) electrons. The summed E-state index contributed by atoms with van der Waals surface area (Å²) in [6.45, 7) is 4.17. The van der Waals surface area contributed by atoms with E-state index in [-0.39, 0.29) is 6.42 Å². The quantitative estimate of drug-likeness (QED) is 0.849. The summed E-state index contributed by atoms with van der Waals surface area (Å²) in [5, 5.41) is 9.89. The van der Waals surface area contributed by atoms with E-state index >= 15 is 0 Å².